The molecule has 0 aromatic heterocycles. The second-order valence-electron chi connectivity index (χ2n) is 6.64. The summed E-state index contributed by atoms with van der Waals surface area (Å²) in [7, 11) is 0. The molecule has 0 saturated carbocycles. The van der Waals surface area contributed by atoms with Crippen LogP contribution in [0.2, 0.25) is 0 Å². The van der Waals surface area contributed by atoms with E-state index in [1.54, 1.807) is 0 Å². The van der Waals surface area contributed by atoms with Crippen molar-refractivity contribution in [3.05, 3.63) is 29.3 Å². The van der Waals surface area contributed by atoms with E-state index in [-0.39, 0.29) is 24.7 Å². The third-order valence-corrected chi connectivity index (χ3v) is 4.50. The number of halogens is 4. The van der Waals surface area contributed by atoms with E-state index in [1.807, 2.05) is 0 Å². The van der Waals surface area contributed by atoms with Crippen LogP contribution in [-0.2, 0) is 18.9 Å². The summed E-state index contributed by atoms with van der Waals surface area (Å²) in [5, 5.41) is 0. The topological polar surface area (TPSA) is 46.2 Å². The van der Waals surface area contributed by atoms with Gasteiger partial charge in [-0.2, -0.15) is 8.78 Å². The molecule has 0 atom stereocenters. The summed E-state index contributed by atoms with van der Waals surface area (Å²) in [6.45, 7) is 0.432. The van der Waals surface area contributed by atoms with Gasteiger partial charge in [-0.25, -0.2) is 8.78 Å². The zero-order valence-electron chi connectivity index (χ0n) is 14.8. The van der Waals surface area contributed by atoms with E-state index >= 15 is 0 Å². The molecule has 0 amide bonds. The number of alkyl halides is 2. The fourth-order valence-electron chi connectivity index (χ4n) is 3.19. The molecule has 2 saturated heterocycles. The molecule has 3 rings (SSSR count). The molecule has 1 aromatic carbocycles. The van der Waals surface area contributed by atoms with Crippen LogP contribution in [0.3, 0.4) is 0 Å². The van der Waals surface area contributed by atoms with Gasteiger partial charge in [-0.05, 0) is 18.6 Å². The molecule has 0 aliphatic carbocycles. The Hall–Kier alpha value is -1.42. The van der Waals surface area contributed by atoms with Gasteiger partial charge in [-0.15, -0.1) is 0 Å². The quantitative estimate of drug-likeness (QED) is 0.682. The molecule has 27 heavy (non-hydrogen) atoms. The van der Waals surface area contributed by atoms with Gasteiger partial charge in [0.05, 0.1) is 32.3 Å². The Bertz CT molecular complexity index is 591. The average Bonchev–Trinajstić information content (AvgIpc) is 2.65. The fraction of sp³-hybridized carbons (Fsp3) is 0.667. The van der Waals surface area contributed by atoms with E-state index in [2.05, 4.69) is 11.7 Å². The zero-order chi connectivity index (χ0) is 19.4. The van der Waals surface area contributed by atoms with Crippen LogP contribution in [0.15, 0.2) is 12.1 Å². The Morgan fingerprint density at radius 2 is 1.59 bits per heavy atom. The highest BCUT2D eigenvalue weighted by Gasteiger charge is 2.34. The van der Waals surface area contributed by atoms with Crippen LogP contribution in [-0.4, -0.2) is 39.3 Å². The van der Waals surface area contributed by atoms with Crippen molar-refractivity contribution in [3.8, 4) is 5.75 Å². The first-order valence-electron chi connectivity index (χ1n) is 8.88. The molecular formula is C18H22F4O5. The molecule has 2 heterocycles. The van der Waals surface area contributed by atoms with E-state index < -0.39 is 36.6 Å². The van der Waals surface area contributed by atoms with Gasteiger partial charge in [-0.3, -0.25) is 0 Å². The van der Waals surface area contributed by atoms with E-state index in [9.17, 15) is 17.6 Å². The minimum atomic E-state index is -3.32. The van der Waals surface area contributed by atoms with E-state index in [1.165, 1.54) is 0 Å². The van der Waals surface area contributed by atoms with Gasteiger partial charge in [0.1, 0.15) is 0 Å². The molecule has 152 valence electrons. The molecule has 0 unspecified atom stereocenters. The second kappa shape index (κ2) is 9.18. The maximum atomic E-state index is 13.8. The summed E-state index contributed by atoms with van der Waals surface area (Å²) in [6.07, 6.45) is 0.638. The Labute approximate surface area is 154 Å². The van der Waals surface area contributed by atoms with Crippen LogP contribution in [0.5, 0.6) is 5.75 Å². The molecule has 2 fully saturated rings. The lowest BCUT2D eigenvalue weighted by Crippen LogP contribution is -2.43. The summed E-state index contributed by atoms with van der Waals surface area (Å²) in [6, 6.07) is 1.71. The summed E-state index contributed by atoms with van der Waals surface area (Å²) in [5.41, 5.74) is 0.0403. The summed E-state index contributed by atoms with van der Waals surface area (Å²) < 4.78 is 78.4. The molecule has 0 radical (unpaired) electrons. The number of ether oxygens (including phenoxy) is 5. The summed E-state index contributed by atoms with van der Waals surface area (Å²) >= 11 is 0. The van der Waals surface area contributed by atoms with Crippen molar-refractivity contribution < 1.29 is 41.2 Å². The van der Waals surface area contributed by atoms with Crippen LogP contribution < -0.4 is 4.74 Å². The Morgan fingerprint density at radius 3 is 2.11 bits per heavy atom. The largest absolute Gasteiger partial charge is 0.429 e. The lowest BCUT2D eigenvalue weighted by molar-refractivity contribution is -0.283. The van der Waals surface area contributed by atoms with E-state index in [4.69, 9.17) is 18.9 Å². The molecule has 0 bridgehead atoms. The van der Waals surface area contributed by atoms with Gasteiger partial charge in [0.2, 0.25) is 0 Å². The normalized spacial score (nSPS) is 29.1. The molecule has 0 N–H and O–H groups in total. The van der Waals surface area contributed by atoms with Crippen molar-refractivity contribution in [1.82, 2.24) is 0 Å². The van der Waals surface area contributed by atoms with Crippen molar-refractivity contribution in [2.24, 2.45) is 11.8 Å². The first-order chi connectivity index (χ1) is 13.0. The fourth-order valence-corrected chi connectivity index (χ4v) is 3.19. The lowest BCUT2D eigenvalue weighted by atomic mass is 10.0. The third-order valence-electron chi connectivity index (χ3n) is 4.50. The van der Waals surface area contributed by atoms with Crippen LogP contribution in [0.1, 0.15) is 31.6 Å². The lowest BCUT2D eigenvalue weighted by Gasteiger charge is -2.37. The molecular weight excluding hydrogens is 372 g/mol. The molecule has 2 aliphatic rings. The van der Waals surface area contributed by atoms with Crippen molar-refractivity contribution in [1.29, 1.82) is 0 Å². The maximum Gasteiger partial charge on any atom is 0.387 e. The maximum absolute atomic E-state index is 13.8. The molecule has 0 spiro atoms. The highest BCUT2D eigenvalue weighted by atomic mass is 19.3. The standard InChI is InChI=1S/C18H22F4O5/c1-2-3-10-6-23-17(24-7-10)12-8-25-16(26-9-12)11-4-13(19)15(14(20)5-11)27-18(21)22/h4-5,10,12,16-18H,2-3,6-9H2,1H3. The molecule has 1 aromatic rings. The van der Waals surface area contributed by atoms with Gasteiger partial charge >= 0.3 is 6.61 Å². The van der Waals surface area contributed by atoms with Gasteiger partial charge in [0.15, 0.2) is 30.0 Å². The van der Waals surface area contributed by atoms with Crippen molar-refractivity contribution in [3.63, 3.8) is 0 Å². The van der Waals surface area contributed by atoms with Crippen LogP contribution in [0, 0.1) is 23.5 Å². The van der Waals surface area contributed by atoms with Crippen LogP contribution in [0.4, 0.5) is 17.6 Å². The van der Waals surface area contributed by atoms with Crippen molar-refractivity contribution in [2.75, 3.05) is 26.4 Å². The van der Waals surface area contributed by atoms with E-state index in [0.29, 0.717) is 19.1 Å². The summed E-state index contributed by atoms with van der Waals surface area (Å²) in [5.74, 6) is -3.42. The average molecular weight is 394 g/mol. The Balaban J connectivity index is 1.55. The molecule has 9 heteroatoms. The number of rotatable bonds is 6. The first kappa shape index (κ1) is 20.3. The zero-order valence-corrected chi connectivity index (χ0v) is 14.8. The highest BCUT2D eigenvalue weighted by molar-refractivity contribution is 5.32. The Morgan fingerprint density at radius 1 is 1.00 bits per heavy atom. The minimum Gasteiger partial charge on any atom is -0.429 e. The van der Waals surface area contributed by atoms with Gasteiger partial charge < -0.3 is 23.7 Å². The van der Waals surface area contributed by atoms with E-state index in [0.717, 1.165) is 25.0 Å². The van der Waals surface area contributed by atoms with Gasteiger partial charge in [0.25, 0.3) is 0 Å². The van der Waals surface area contributed by atoms with Crippen molar-refractivity contribution >= 4 is 0 Å². The van der Waals surface area contributed by atoms with Gasteiger partial charge in [0, 0.05) is 11.5 Å². The first-order valence-corrected chi connectivity index (χ1v) is 8.88. The number of hydrogen-bond donors (Lipinski definition) is 0. The second-order valence-corrected chi connectivity index (χ2v) is 6.64. The van der Waals surface area contributed by atoms with Crippen LogP contribution in [0.25, 0.3) is 0 Å². The predicted octanol–water partition coefficient (Wildman–Crippen LogP) is 4.02. The van der Waals surface area contributed by atoms with Crippen LogP contribution >= 0.6 is 0 Å². The summed E-state index contributed by atoms with van der Waals surface area (Å²) in [4.78, 5) is 0. The van der Waals surface area contributed by atoms with Gasteiger partial charge in [-0.1, -0.05) is 13.3 Å². The monoisotopic (exact) mass is 394 g/mol. The van der Waals surface area contributed by atoms with Crippen molar-refractivity contribution in [2.45, 2.75) is 39.0 Å². The number of hydrogen-bond acceptors (Lipinski definition) is 5. The predicted molar refractivity (Wildman–Crippen MR) is 85.2 cm³/mol. The minimum absolute atomic E-state index is 0.0403. The molecule has 5 nitrogen and oxygen atoms in total. The molecule has 2 aliphatic heterocycles. The number of benzene rings is 1. The highest BCUT2D eigenvalue weighted by Crippen LogP contribution is 2.33. The third kappa shape index (κ3) is 5.10. The smallest absolute Gasteiger partial charge is 0.387 e. The SMILES string of the molecule is CCCC1COC(C2COC(c3cc(F)c(OC(F)F)c(F)c3)OC2)OC1. The Kier molecular flexibility index (Phi) is 6.91.